The summed E-state index contributed by atoms with van der Waals surface area (Å²) in [6.07, 6.45) is 1.69. The van der Waals surface area contributed by atoms with Crippen molar-refractivity contribution in [3.05, 3.63) is 53.7 Å². The zero-order chi connectivity index (χ0) is 19.2. The number of rotatable bonds is 6. The van der Waals surface area contributed by atoms with E-state index in [9.17, 15) is 9.59 Å². The number of pyridine rings is 1. The summed E-state index contributed by atoms with van der Waals surface area (Å²) < 4.78 is 5.51. The molecule has 6 nitrogen and oxygen atoms in total. The summed E-state index contributed by atoms with van der Waals surface area (Å²) in [7, 11) is 2.06. The molecule has 1 saturated heterocycles. The third-order valence-corrected chi connectivity index (χ3v) is 4.76. The predicted molar refractivity (Wildman–Crippen MR) is 104 cm³/mol. The number of hydrogen-bond acceptors (Lipinski definition) is 5. The van der Waals surface area contributed by atoms with Gasteiger partial charge in [-0.05, 0) is 64.2 Å². The molecule has 1 fully saturated rings. The van der Waals surface area contributed by atoms with E-state index in [1.165, 1.54) is 0 Å². The topological polar surface area (TPSA) is 71.5 Å². The molecule has 27 heavy (non-hydrogen) atoms. The number of ether oxygens (including phenoxy) is 1. The van der Waals surface area contributed by atoms with E-state index >= 15 is 0 Å². The van der Waals surface area contributed by atoms with E-state index in [0.29, 0.717) is 29.4 Å². The number of Topliss-reactive ketones (excluding diaryl/α,β-unsaturated/α-hetero) is 1. The highest BCUT2D eigenvalue weighted by atomic mass is 16.5. The van der Waals surface area contributed by atoms with Gasteiger partial charge < -0.3 is 15.0 Å². The van der Waals surface area contributed by atoms with Crippen LogP contribution in [-0.2, 0) is 0 Å². The molecule has 0 aliphatic carbocycles. The molecule has 2 aromatic rings. The Morgan fingerprint density at radius 2 is 1.89 bits per heavy atom. The molecule has 1 aromatic heterocycles. The van der Waals surface area contributed by atoms with Gasteiger partial charge in [0.15, 0.2) is 5.78 Å². The second kappa shape index (κ2) is 8.77. The summed E-state index contributed by atoms with van der Waals surface area (Å²) >= 11 is 0. The Balaban J connectivity index is 1.72. The fraction of sp³-hybridized carbons (Fsp3) is 0.381. The lowest BCUT2D eigenvalue weighted by Crippen LogP contribution is -2.33. The van der Waals surface area contributed by atoms with Gasteiger partial charge in [-0.1, -0.05) is 18.2 Å². The summed E-state index contributed by atoms with van der Waals surface area (Å²) in [5.41, 5.74) is 0.841. The van der Waals surface area contributed by atoms with Gasteiger partial charge >= 0.3 is 0 Å². The number of ketones is 1. The van der Waals surface area contributed by atoms with Crippen LogP contribution in [0.4, 0.5) is 5.82 Å². The van der Waals surface area contributed by atoms with Crippen LogP contribution in [0.25, 0.3) is 0 Å². The Morgan fingerprint density at radius 3 is 2.63 bits per heavy atom. The van der Waals surface area contributed by atoms with Gasteiger partial charge in [0.1, 0.15) is 17.3 Å². The first-order valence-electron chi connectivity index (χ1n) is 9.31. The Kier molecular flexibility index (Phi) is 6.19. The molecule has 142 valence electrons. The van der Waals surface area contributed by atoms with E-state index < -0.39 is 0 Å². The largest absolute Gasteiger partial charge is 0.493 e. The van der Waals surface area contributed by atoms with Gasteiger partial charge in [-0.2, -0.15) is 0 Å². The number of nitrogens with one attached hydrogen (secondary N) is 1. The fourth-order valence-corrected chi connectivity index (χ4v) is 3.24. The normalized spacial score (nSPS) is 15.3. The molecule has 2 heterocycles. The molecular weight excluding hydrogens is 342 g/mol. The second-order valence-electron chi connectivity index (χ2n) is 6.73. The minimum absolute atomic E-state index is 0.00154. The average Bonchev–Trinajstić information content (AvgIpc) is 2.69. The first-order valence-corrected chi connectivity index (χ1v) is 9.31. The van der Waals surface area contributed by atoms with Gasteiger partial charge in [0.05, 0.1) is 12.2 Å². The van der Waals surface area contributed by atoms with Crippen LogP contribution in [0.3, 0.4) is 0 Å². The molecule has 6 heteroatoms. The molecule has 1 N–H and O–H groups in total. The maximum Gasteiger partial charge on any atom is 0.260 e. The molecule has 1 aliphatic rings. The number of piperidine rings is 1. The standard InChI is InChI=1S/C21H25N3O3/c1-3-27-18-9-5-4-7-16(18)21(26)23-19-10-6-8-17(22-19)20(25)15-11-13-24(2)14-12-15/h4-10,15H,3,11-14H2,1-2H3,(H,22,23,26). The van der Waals surface area contributed by atoms with Gasteiger partial charge in [0.2, 0.25) is 0 Å². The maximum atomic E-state index is 12.7. The molecular formula is C21H25N3O3. The van der Waals surface area contributed by atoms with Crippen molar-refractivity contribution in [3.8, 4) is 5.75 Å². The number of hydrogen-bond donors (Lipinski definition) is 1. The molecule has 0 radical (unpaired) electrons. The lowest BCUT2D eigenvalue weighted by atomic mass is 9.91. The molecule has 0 atom stereocenters. The number of anilines is 1. The maximum absolute atomic E-state index is 12.7. The van der Waals surface area contributed by atoms with E-state index in [1.807, 2.05) is 13.0 Å². The Morgan fingerprint density at radius 1 is 1.15 bits per heavy atom. The van der Waals surface area contributed by atoms with E-state index in [2.05, 4.69) is 22.2 Å². The van der Waals surface area contributed by atoms with Crippen molar-refractivity contribution >= 4 is 17.5 Å². The summed E-state index contributed by atoms with van der Waals surface area (Å²) in [5, 5.41) is 2.77. The molecule has 0 saturated carbocycles. The van der Waals surface area contributed by atoms with Crippen molar-refractivity contribution in [1.82, 2.24) is 9.88 Å². The lowest BCUT2D eigenvalue weighted by Gasteiger charge is -2.27. The lowest BCUT2D eigenvalue weighted by molar-refractivity contribution is 0.0851. The van der Waals surface area contributed by atoms with Crippen LogP contribution < -0.4 is 10.1 Å². The predicted octanol–water partition coefficient (Wildman–Crippen LogP) is 3.26. The van der Waals surface area contributed by atoms with Crippen molar-refractivity contribution in [2.24, 2.45) is 5.92 Å². The van der Waals surface area contributed by atoms with Crippen LogP contribution in [-0.4, -0.2) is 48.3 Å². The molecule has 1 aliphatic heterocycles. The van der Waals surface area contributed by atoms with E-state index in [4.69, 9.17) is 4.74 Å². The molecule has 3 rings (SSSR count). The highest BCUT2D eigenvalue weighted by Gasteiger charge is 2.25. The van der Waals surface area contributed by atoms with Gasteiger partial charge in [-0.3, -0.25) is 9.59 Å². The minimum atomic E-state index is -0.310. The zero-order valence-electron chi connectivity index (χ0n) is 15.8. The van der Waals surface area contributed by atoms with E-state index in [1.54, 1.807) is 36.4 Å². The number of likely N-dealkylation sites (tertiary alicyclic amines) is 1. The molecule has 1 aromatic carbocycles. The highest BCUT2D eigenvalue weighted by molar-refractivity contribution is 6.06. The number of amides is 1. The number of carbonyl (C=O) groups excluding carboxylic acids is 2. The number of nitrogens with zero attached hydrogens (tertiary/aromatic N) is 2. The summed E-state index contributed by atoms with van der Waals surface area (Å²) in [6, 6.07) is 12.2. The van der Waals surface area contributed by atoms with Gasteiger partial charge in [-0.25, -0.2) is 4.98 Å². The van der Waals surface area contributed by atoms with Crippen LogP contribution in [0.2, 0.25) is 0 Å². The Hall–Kier alpha value is -2.73. The van der Waals surface area contributed by atoms with Gasteiger partial charge in [-0.15, -0.1) is 0 Å². The number of aromatic nitrogens is 1. The van der Waals surface area contributed by atoms with Gasteiger partial charge in [0, 0.05) is 5.92 Å². The van der Waals surface area contributed by atoms with Crippen molar-refractivity contribution in [1.29, 1.82) is 0 Å². The monoisotopic (exact) mass is 367 g/mol. The van der Waals surface area contributed by atoms with Crippen LogP contribution in [0.5, 0.6) is 5.75 Å². The average molecular weight is 367 g/mol. The molecule has 0 unspecified atom stereocenters. The Bertz CT molecular complexity index is 814. The first kappa shape index (κ1) is 19.0. The first-order chi connectivity index (χ1) is 13.1. The number of carbonyl (C=O) groups is 2. The molecule has 1 amide bonds. The quantitative estimate of drug-likeness (QED) is 0.794. The summed E-state index contributed by atoms with van der Waals surface area (Å²) in [4.78, 5) is 31.9. The molecule has 0 bridgehead atoms. The van der Waals surface area contributed by atoms with Crippen molar-refractivity contribution < 1.29 is 14.3 Å². The van der Waals surface area contributed by atoms with E-state index in [0.717, 1.165) is 25.9 Å². The van der Waals surface area contributed by atoms with Gasteiger partial charge in [0.25, 0.3) is 5.91 Å². The van der Waals surface area contributed by atoms with Crippen LogP contribution >= 0.6 is 0 Å². The van der Waals surface area contributed by atoms with Crippen molar-refractivity contribution in [3.63, 3.8) is 0 Å². The SMILES string of the molecule is CCOc1ccccc1C(=O)Nc1cccc(C(=O)C2CCN(C)CC2)n1. The third-order valence-electron chi connectivity index (χ3n) is 4.76. The smallest absolute Gasteiger partial charge is 0.260 e. The summed E-state index contributed by atoms with van der Waals surface area (Å²) in [6.45, 7) is 4.18. The fourth-order valence-electron chi connectivity index (χ4n) is 3.24. The second-order valence-corrected chi connectivity index (χ2v) is 6.73. The van der Waals surface area contributed by atoms with Crippen molar-refractivity contribution in [2.45, 2.75) is 19.8 Å². The third kappa shape index (κ3) is 4.71. The zero-order valence-corrected chi connectivity index (χ0v) is 15.8. The summed E-state index contributed by atoms with van der Waals surface area (Å²) in [5.74, 6) is 0.629. The Labute approximate surface area is 159 Å². The number of benzene rings is 1. The van der Waals surface area contributed by atoms with Crippen LogP contribution in [0.1, 0.15) is 40.6 Å². The van der Waals surface area contributed by atoms with Crippen molar-refractivity contribution in [2.75, 3.05) is 32.1 Å². The highest BCUT2D eigenvalue weighted by Crippen LogP contribution is 2.22. The van der Waals surface area contributed by atoms with Crippen LogP contribution in [0.15, 0.2) is 42.5 Å². The minimum Gasteiger partial charge on any atom is -0.493 e. The van der Waals surface area contributed by atoms with E-state index in [-0.39, 0.29) is 17.6 Å². The van der Waals surface area contributed by atoms with Crippen LogP contribution in [0, 0.1) is 5.92 Å². The number of para-hydroxylation sites is 1. The molecule has 0 spiro atoms.